The summed E-state index contributed by atoms with van der Waals surface area (Å²) < 4.78 is 27.6. The fourth-order valence-corrected chi connectivity index (χ4v) is 5.83. The predicted molar refractivity (Wildman–Crippen MR) is 146 cm³/mol. The van der Waals surface area contributed by atoms with E-state index in [-0.39, 0.29) is 17.5 Å². The summed E-state index contributed by atoms with van der Waals surface area (Å²) in [6, 6.07) is 17.3. The summed E-state index contributed by atoms with van der Waals surface area (Å²) in [6.45, 7) is 6.07. The van der Waals surface area contributed by atoms with E-state index in [9.17, 15) is 13.6 Å². The predicted octanol–water partition coefficient (Wildman–Crippen LogP) is 4.79. The molecule has 0 unspecified atom stereocenters. The summed E-state index contributed by atoms with van der Waals surface area (Å²) in [4.78, 5) is 24.1. The number of anilines is 2. The average Bonchev–Trinajstić information content (AvgIpc) is 2.94. The van der Waals surface area contributed by atoms with E-state index in [1.54, 1.807) is 24.4 Å². The molecule has 1 N–H and O–H groups in total. The van der Waals surface area contributed by atoms with Crippen LogP contribution in [0.25, 0.3) is 0 Å². The third-order valence-electron chi connectivity index (χ3n) is 7.75. The summed E-state index contributed by atoms with van der Waals surface area (Å²) in [5.41, 5.74) is 2.48. The first kappa shape index (κ1) is 26.3. The molecule has 3 aromatic rings. The normalized spacial score (nSPS) is 20.8. The summed E-state index contributed by atoms with van der Waals surface area (Å²) in [6.07, 6.45) is 5.92. The first-order valence-electron chi connectivity index (χ1n) is 13.5. The maximum absolute atomic E-state index is 14.3. The molecule has 0 aliphatic carbocycles. The second-order valence-electron chi connectivity index (χ2n) is 10.3. The summed E-state index contributed by atoms with van der Waals surface area (Å²) in [7, 11) is 0. The zero-order valence-corrected chi connectivity index (χ0v) is 21.6. The SMILES string of the molecule is O=C(CC[C@H]1CN(Cc2cccnc2)CC[C@H]1N1CCN(c2ccccc2F)CC1)Nc1ccc(F)cc1. The smallest absolute Gasteiger partial charge is 0.224 e. The monoisotopic (exact) mass is 519 g/mol. The number of carbonyl (C=O) groups is 1. The maximum atomic E-state index is 14.3. The average molecular weight is 520 g/mol. The van der Waals surface area contributed by atoms with E-state index in [0.717, 1.165) is 58.7 Å². The maximum Gasteiger partial charge on any atom is 0.224 e. The van der Waals surface area contributed by atoms with Crippen LogP contribution in [0.15, 0.2) is 73.1 Å². The number of amides is 1. The molecule has 1 amide bonds. The van der Waals surface area contributed by atoms with Crippen LogP contribution in [0.4, 0.5) is 20.2 Å². The van der Waals surface area contributed by atoms with Crippen LogP contribution in [0.1, 0.15) is 24.8 Å². The number of hydrogen-bond acceptors (Lipinski definition) is 5. The van der Waals surface area contributed by atoms with Crippen molar-refractivity contribution >= 4 is 17.3 Å². The van der Waals surface area contributed by atoms with Crippen LogP contribution < -0.4 is 10.2 Å². The third-order valence-corrected chi connectivity index (χ3v) is 7.75. The van der Waals surface area contributed by atoms with Crippen LogP contribution in [0, 0.1) is 17.6 Å². The van der Waals surface area contributed by atoms with Gasteiger partial charge in [0.15, 0.2) is 0 Å². The van der Waals surface area contributed by atoms with Crippen molar-refractivity contribution < 1.29 is 13.6 Å². The highest BCUT2D eigenvalue weighted by Crippen LogP contribution is 2.29. The van der Waals surface area contributed by atoms with Crippen LogP contribution in [-0.2, 0) is 11.3 Å². The van der Waals surface area contributed by atoms with E-state index >= 15 is 0 Å². The molecule has 0 spiro atoms. The molecule has 1 aromatic heterocycles. The first-order valence-corrected chi connectivity index (χ1v) is 13.5. The van der Waals surface area contributed by atoms with Crippen molar-refractivity contribution in [1.82, 2.24) is 14.8 Å². The Hall–Kier alpha value is -3.36. The van der Waals surface area contributed by atoms with E-state index in [0.29, 0.717) is 29.8 Å². The van der Waals surface area contributed by atoms with Gasteiger partial charge in [0.1, 0.15) is 11.6 Å². The molecule has 6 nitrogen and oxygen atoms in total. The van der Waals surface area contributed by atoms with Gasteiger partial charge in [0, 0.05) is 69.8 Å². The Labute approximate surface area is 223 Å². The van der Waals surface area contributed by atoms with Gasteiger partial charge < -0.3 is 10.2 Å². The van der Waals surface area contributed by atoms with Gasteiger partial charge >= 0.3 is 0 Å². The number of piperazine rings is 1. The lowest BCUT2D eigenvalue weighted by Crippen LogP contribution is -2.56. The number of benzene rings is 2. The molecule has 0 bridgehead atoms. The van der Waals surface area contributed by atoms with Crippen LogP contribution >= 0.6 is 0 Å². The van der Waals surface area contributed by atoms with Crippen LogP contribution in [0.3, 0.4) is 0 Å². The van der Waals surface area contributed by atoms with E-state index in [2.05, 4.69) is 31.1 Å². The number of para-hydroxylation sites is 1. The van der Waals surface area contributed by atoms with Crippen molar-refractivity contribution in [2.24, 2.45) is 5.92 Å². The standard InChI is InChI=1S/C30H35F2N5O/c31-25-8-10-26(11-9-25)34-30(38)12-7-24-22-35(21-23-4-3-14-33-20-23)15-13-28(24)36-16-18-37(19-17-36)29-6-2-1-5-27(29)32/h1-6,8-11,14,20,24,28H,7,12-13,15-19,21-22H2,(H,34,38)/t24-,28+/m0/s1. The fraction of sp³-hybridized carbons (Fsp3) is 0.400. The van der Waals surface area contributed by atoms with Gasteiger partial charge in [-0.1, -0.05) is 18.2 Å². The first-order chi connectivity index (χ1) is 18.5. The lowest BCUT2D eigenvalue weighted by atomic mass is 9.86. The number of aromatic nitrogens is 1. The Balaban J connectivity index is 1.22. The minimum atomic E-state index is -0.322. The molecule has 2 aromatic carbocycles. The van der Waals surface area contributed by atoms with Gasteiger partial charge in [-0.2, -0.15) is 0 Å². The van der Waals surface area contributed by atoms with E-state index in [1.165, 1.54) is 23.8 Å². The lowest BCUT2D eigenvalue weighted by molar-refractivity contribution is -0.116. The van der Waals surface area contributed by atoms with Gasteiger partial charge in [0.2, 0.25) is 5.91 Å². The van der Waals surface area contributed by atoms with Crippen LogP contribution in [0.2, 0.25) is 0 Å². The third kappa shape index (κ3) is 6.74. The Morgan fingerprint density at radius 1 is 0.947 bits per heavy atom. The summed E-state index contributed by atoms with van der Waals surface area (Å²) in [5, 5.41) is 2.90. The van der Waals surface area contributed by atoms with E-state index in [4.69, 9.17) is 0 Å². The lowest BCUT2D eigenvalue weighted by Gasteiger charge is -2.47. The van der Waals surface area contributed by atoms with E-state index in [1.807, 2.05) is 24.4 Å². The van der Waals surface area contributed by atoms with Crippen molar-refractivity contribution in [3.05, 3.63) is 90.3 Å². The molecule has 3 heterocycles. The van der Waals surface area contributed by atoms with Crippen molar-refractivity contribution in [3.63, 3.8) is 0 Å². The molecule has 2 aliphatic rings. The molecule has 0 radical (unpaired) electrons. The van der Waals surface area contributed by atoms with Gasteiger partial charge in [0.25, 0.3) is 0 Å². The minimum Gasteiger partial charge on any atom is -0.367 e. The van der Waals surface area contributed by atoms with Gasteiger partial charge in [0.05, 0.1) is 5.69 Å². The molecule has 2 aliphatic heterocycles. The number of nitrogens with zero attached hydrogens (tertiary/aromatic N) is 4. The molecule has 5 rings (SSSR count). The van der Waals surface area contributed by atoms with Gasteiger partial charge in [-0.05, 0) is 73.3 Å². The minimum absolute atomic E-state index is 0.0517. The Kier molecular flexibility index (Phi) is 8.61. The highest BCUT2D eigenvalue weighted by atomic mass is 19.1. The number of pyridine rings is 1. The molecule has 200 valence electrons. The van der Waals surface area contributed by atoms with Gasteiger partial charge in [-0.25, -0.2) is 8.78 Å². The summed E-state index contributed by atoms with van der Waals surface area (Å²) >= 11 is 0. The number of piperidine rings is 1. The second kappa shape index (κ2) is 12.5. The second-order valence-corrected chi connectivity index (χ2v) is 10.3. The highest BCUT2D eigenvalue weighted by molar-refractivity contribution is 5.90. The fourth-order valence-electron chi connectivity index (χ4n) is 5.83. The zero-order valence-electron chi connectivity index (χ0n) is 21.6. The molecule has 2 saturated heterocycles. The topological polar surface area (TPSA) is 51.7 Å². The largest absolute Gasteiger partial charge is 0.367 e. The van der Waals surface area contributed by atoms with Crippen molar-refractivity contribution in [1.29, 1.82) is 0 Å². The number of rotatable bonds is 8. The Bertz CT molecular complexity index is 1180. The Morgan fingerprint density at radius 2 is 1.74 bits per heavy atom. The zero-order chi connectivity index (χ0) is 26.3. The molecule has 8 heteroatoms. The molecular formula is C30H35F2N5O. The number of hydrogen-bond donors (Lipinski definition) is 1. The Morgan fingerprint density at radius 3 is 2.47 bits per heavy atom. The highest BCUT2D eigenvalue weighted by Gasteiger charge is 2.35. The molecule has 0 saturated carbocycles. The number of carbonyl (C=O) groups excluding carboxylic acids is 1. The van der Waals surface area contributed by atoms with Gasteiger partial charge in [-0.3, -0.25) is 19.6 Å². The molecule has 2 fully saturated rings. The van der Waals surface area contributed by atoms with Gasteiger partial charge in [-0.15, -0.1) is 0 Å². The van der Waals surface area contributed by atoms with E-state index < -0.39 is 0 Å². The number of likely N-dealkylation sites (tertiary alicyclic amines) is 1. The van der Waals surface area contributed by atoms with Crippen molar-refractivity contribution in [2.45, 2.75) is 31.8 Å². The molecule has 38 heavy (non-hydrogen) atoms. The molecule has 2 atom stereocenters. The molecular weight excluding hydrogens is 484 g/mol. The quantitative estimate of drug-likeness (QED) is 0.464. The number of nitrogens with one attached hydrogen (secondary N) is 1. The number of halogens is 2. The van der Waals surface area contributed by atoms with Crippen molar-refractivity contribution in [3.8, 4) is 0 Å². The van der Waals surface area contributed by atoms with Crippen LogP contribution in [-0.4, -0.2) is 66.0 Å². The summed E-state index contributed by atoms with van der Waals surface area (Å²) in [5.74, 6) is -0.213. The van der Waals surface area contributed by atoms with Crippen LogP contribution in [0.5, 0.6) is 0 Å². The van der Waals surface area contributed by atoms with Crippen molar-refractivity contribution in [2.75, 3.05) is 49.5 Å².